The fourth-order valence-electron chi connectivity index (χ4n) is 1.74. The van der Waals surface area contributed by atoms with Gasteiger partial charge in [0.1, 0.15) is 0 Å². The average Bonchev–Trinajstić information content (AvgIpc) is 2.55. The Labute approximate surface area is 123 Å². The normalized spacial score (nSPS) is 9.62. The highest BCUT2D eigenvalue weighted by molar-refractivity contribution is 6.07. The molecule has 0 radical (unpaired) electrons. The van der Waals surface area contributed by atoms with Crippen molar-refractivity contribution in [3.8, 4) is 11.8 Å². The van der Waals surface area contributed by atoms with Crippen LogP contribution in [0.2, 0.25) is 0 Å². The molecule has 2 heterocycles. The molecule has 106 valence electrons. The minimum absolute atomic E-state index is 0.00781. The highest BCUT2D eigenvalue weighted by atomic mass is 16.2. The molecule has 2 aromatic heterocycles. The number of carbonyl (C=O) groups excluding carboxylic acids is 1. The number of rotatable bonds is 3. The maximum atomic E-state index is 12.6. The van der Waals surface area contributed by atoms with E-state index in [1.165, 1.54) is 4.90 Å². The first kappa shape index (κ1) is 14.7. The zero-order valence-corrected chi connectivity index (χ0v) is 11.7. The zero-order chi connectivity index (χ0) is 15.1. The van der Waals surface area contributed by atoms with Crippen molar-refractivity contribution in [3.05, 3.63) is 54.1 Å². The predicted molar refractivity (Wildman–Crippen MR) is 79.8 cm³/mol. The van der Waals surface area contributed by atoms with Crippen LogP contribution in [-0.2, 0) is 0 Å². The molecule has 0 fully saturated rings. The van der Waals surface area contributed by atoms with Crippen LogP contribution >= 0.6 is 0 Å². The van der Waals surface area contributed by atoms with Crippen molar-refractivity contribution in [2.45, 2.75) is 6.42 Å². The second-order valence-corrected chi connectivity index (χ2v) is 4.27. The van der Waals surface area contributed by atoms with Crippen molar-refractivity contribution in [2.24, 2.45) is 0 Å². The van der Waals surface area contributed by atoms with Crippen molar-refractivity contribution in [2.75, 3.05) is 18.6 Å². The first-order chi connectivity index (χ1) is 10.2. The van der Waals surface area contributed by atoms with Gasteiger partial charge in [0.2, 0.25) is 0 Å². The number of aliphatic hydroxyl groups is 1. The average molecular weight is 281 g/mol. The maximum absolute atomic E-state index is 12.6. The lowest BCUT2D eigenvalue weighted by Crippen LogP contribution is -2.27. The summed E-state index contributed by atoms with van der Waals surface area (Å²) >= 11 is 0. The molecule has 0 aliphatic heterocycles. The minimum Gasteiger partial charge on any atom is -0.395 e. The number of pyridine rings is 2. The lowest BCUT2D eigenvalue weighted by molar-refractivity contribution is 0.0992. The summed E-state index contributed by atoms with van der Waals surface area (Å²) in [6.45, 7) is -0.00781. The van der Waals surface area contributed by atoms with Gasteiger partial charge in [-0.1, -0.05) is 11.8 Å². The summed E-state index contributed by atoms with van der Waals surface area (Å²) in [5.74, 6) is 5.49. The van der Waals surface area contributed by atoms with Gasteiger partial charge in [0.15, 0.2) is 0 Å². The topological polar surface area (TPSA) is 66.3 Å². The minimum atomic E-state index is -0.182. The third-order valence-corrected chi connectivity index (χ3v) is 2.85. The highest BCUT2D eigenvalue weighted by Crippen LogP contribution is 2.15. The lowest BCUT2D eigenvalue weighted by atomic mass is 10.1. The Morgan fingerprint density at radius 1 is 1.29 bits per heavy atom. The van der Waals surface area contributed by atoms with Crippen molar-refractivity contribution < 1.29 is 9.90 Å². The van der Waals surface area contributed by atoms with Crippen LogP contribution in [0.5, 0.6) is 0 Å². The molecule has 0 saturated carbocycles. The Morgan fingerprint density at radius 2 is 2.10 bits per heavy atom. The number of hydrogen-bond acceptors (Lipinski definition) is 4. The molecule has 0 bridgehead atoms. The van der Waals surface area contributed by atoms with E-state index in [1.54, 1.807) is 44.0 Å². The van der Waals surface area contributed by atoms with Crippen molar-refractivity contribution in [3.63, 3.8) is 0 Å². The number of aliphatic hydroxyl groups excluding tert-OH is 1. The lowest BCUT2D eigenvalue weighted by Gasteiger charge is -2.17. The van der Waals surface area contributed by atoms with Crippen LogP contribution in [0.15, 0.2) is 43.0 Å². The number of hydrogen-bond donors (Lipinski definition) is 1. The number of nitrogens with zero attached hydrogens (tertiary/aromatic N) is 3. The molecule has 0 unspecified atom stereocenters. The largest absolute Gasteiger partial charge is 0.395 e. The molecule has 0 atom stereocenters. The quantitative estimate of drug-likeness (QED) is 0.866. The smallest absolute Gasteiger partial charge is 0.259 e. The number of amides is 1. The van der Waals surface area contributed by atoms with Gasteiger partial charge in [-0.25, -0.2) is 0 Å². The molecule has 2 rings (SSSR count). The summed E-state index contributed by atoms with van der Waals surface area (Å²) in [5.41, 5.74) is 1.72. The maximum Gasteiger partial charge on any atom is 0.259 e. The summed E-state index contributed by atoms with van der Waals surface area (Å²) in [6.07, 6.45) is 6.74. The van der Waals surface area contributed by atoms with Gasteiger partial charge < -0.3 is 10.0 Å². The first-order valence-corrected chi connectivity index (χ1v) is 6.46. The fourth-order valence-corrected chi connectivity index (χ4v) is 1.74. The summed E-state index contributed by atoms with van der Waals surface area (Å²) in [7, 11) is 1.69. The molecular weight excluding hydrogens is 266 g/mol. The SMILES string of the molecule is CN(C(=O)c1ccncc1C#CCCO)c1cccnc1. The molecule has 5 nitrogen and oxygen atoms in total. The Morgan fingerprint density at radius 3 is 2.81 bits per heavy atom. The molecule has 0 spiro atoms. The molecular formula is C16H15N3O2. The van der Waals surface area contributed by atoms with Crippen molar-refractivity contribution in [1.29, 1.82) is 0 Å². The molecule has 21 heavy (non-hydrogen) atoms. The van der Waals surface area contributed by atoms with Gasteiger partial charge in [0.05, 0.1) is 29.6 Å². The Bertz CT molecular complexity index is 675. The van der Waals surface area contributed by atoms with Crippen LogP contribution < -0.4 is 4.90 Å². The van der Waals surface area contributed by atoms with Crippen molar-refractivity contribution in [1.82, 2.24) is 9.97 Å². The summed E-state index contributed by atoms with van der Waals surface area (Å²) in [5, 5.41) is 8.76. The standard InChI is InChI=1S/C16H15N3O2/c1-19(14-6-4-8-17-12-14)16(21)15-7-9-18-11-13(15)5-2-3-10-20/h4,6-9,11-12,20H,3,10H2,1H3. The van der Waals surface area contributed by atoms with Gasteiger partial charge in [0.25, 0.3) is 5.91 Å². The van der Waals surface area contributed by atoms with E-state index in [0.29, 0.717) is 23.2 Å². The summed E-state index contributed by atoms with van der Waals surface area (Å²) < 4.78 is 0. The van der Waals surface area contributed by atoms with Gasteiger partial charge in [-0.15, -0.1) is 0 Å². The van der Waals surface area contributed by atoms with Gasteiger partial charge in [0, 0.05) is 32.1 Å². The van der Waals surface area contributed by atoms with E-state index in [2.05, 4.69) is 21.8 Å². The number of carbonyl (C=O) groups is 1. The van der Waals surface area contributed by atoms with Crippen LogP contribution in [0.25, 0.3) is 0 Å². The molecule has 1 N–H and O–H groups in total. The van der Waals surface area contributed by atoms with Crippen LogP contribution in [-0.4, -0.2) is 34.6 Å². The predicted octanol–water partition coefficient (Wildman–Crippen LogP) is 1.49. The molecule has 5 heteroatoms. The Kier molecular flexibility index (Phi) is 5.02. The second-order valence-electron chi connectivity index (χ2n) is 4.27. The second kappa shape index (κ2) is 7.17. The Hall–Kier alpha value is -2.71. The van der Waals surface area contributed by atoms with Crippen LogP contribution in [0, 0.1) is 11.8 Å². The molecule has 0 aromatic carbocycles. The van der Waals surface area contributed by atoms with E-state index in [0.717, 1.165) is 0 Å². The van der Waals surface area contributed by atoms with E-state index in [4.69, 9.17) is 5.11 Å². The molecule has 0 saturated heterocycles. The number of anilines is 1. The third kappa shape index (κ3) is 3.65. The van der Waals surface area contributed by atoms with Crippen LogP contribution in [0.1, 0.15) is 22.3 Å². The molecule has 2 aromatic rings. The van der Waals surface area contributed by atoms with E-state index < -0.39 is 0 Å². The zero-order valence-electron chi connectivity index (χ0n) is 11.7. The third-order valence-electron chi connectivity index (χ3n) is 2.85. The van der Waals surface area contributed by atoms with E-state index >= 15 is 0 Å². The molecule has 0 aliphatic carbocycles. The molecule has 1 amide bonds. The fraction of sp³-hybridized carbons (Fsp3) is 0.188. The van der Waals surface area contributed by atoms with E-state index in [9.17, 15) is 4.79 Å². The highest BCUT2D eigenvalue weighted by Gasteiger charge is 2.16. The summed E-state index contributed by atoms with van der Waals surface area (Å²) in [6, 6.07) is 5.22. The Balaban J connectivity index is 2.30. The monoisotopic (exact) mass is 281 g/mol. The van der Waals surface area contributed by atoms with Gasteiger partial charge in [-0.3, -0.25) is 14.8 Å². The van der Waals surface area contributed by atoms with Crippen molar-refractivity contribution >= 4 is 11.6 Å². The van der Waals surface area contributed by atoms with Gasteiger partial charge in [-0.05, 0) is 18.2 Å². The molecule has 0 aliphatic rings. The van der Waals surface area contributed by atoms with Crippen LogP contribution in [0.3, 0.4) is 0 Å². The van der Waals surface area contributed by atoms with E-state index in [-0.39, 0.29) is 12.5 Å². The first-order valence-electron chi connectivity index (χ1n) is 6.46. The van der Waals surface area contributed by atoms with Gasteiger partial charge in [-0.2, -0.15) is 0 Å². The van der Waals surface area contributed by atoms with Crippen LogP contribution in [0.4, 0.5) is 5.69 Å². The van der Waals surface area contributed by atoms with Gasteiger partial charge >= 0.3 is 0 Å². The summed E-state index contributed by atoms with van der Waals surface area (Å²) in [4.78, 5) is 22.1. The number of aromatic nitrogens is 2. The van der Waals surface area contributed by atoms with E-state index in [1.807, 2.05) is 6.07 Å².